The van der Waals surface area contributed by atoms with E-state index in [1.807, 2.05) is 6.07 Å². The predicted molar refractivity (Wildman–Crippen MR) is 63.7 cm³/mol. The van der Waals surface area contributed by atoms with E-state index < -0.39 is 0 Å². The van der Waals surface area contributed by atoms with Crippen LogP contribution in [0.25, 0.3) is 10.9 Å². The van der Waals surface area contributed by atoms with E-state index in [1.165, 1.54) is 16.5 Å². The second-order valence-electron chi connectivity index (χ2n) is 3.88. The Labute approximate surface area is 89.7 Å². The lowest BCUT2D eigenvalue weighted by molar-refractivity contribution is 0.558. The van der Waals surface area contributed by atoms with Crippen LogP contribution >= 0.6 is 0 Å². The molecule has 15 heavy (non-hydrogen) atoms. The van der Waals surface area contributed by atoms with Crippen molar-refractivity contribution in [2.45, 2.75) is 19.5 Å². The van der Waals surface area contributed by atoms with E-state index >= 15 is 0 Å². The predicted octanol–water partition coefficient (Wildman–Crippen LogP) is 1.60. The lowest BCUT2D eigenvalue weighted by Gasteiger charge is -2.10. The lowest BCUT2D eigenvalue weighted by atomic mass is 10.1. The van der Waals surface area contributed by atoms with Crippen LogP contribution in [0.2, 0.25) is 0 Å². The van der Waals surface area contributed by atoms with Crippen LogP contribution in [-0.2, 0) is 6.54 Å². The van der Waals surface area contributed by atoms with Crippen molar-refractivity contribution >= 4 is 10.9 Å². The van der Waals surface area contributed by atoms with Gasteiger partial charge in [0, 0.05) is 36.2 Å². The van der Waals surface area contributed by atoms with E-state index in [4.69, 9.17) is 5.73 Å². The quantitative estimate of drug-likeness (QED) is 0.707. The van der Waals surface area contributed by atoms with Gasteiger partial charge in [-0.25, -0.2) is 0 Å². The highest BCUT2D eigenvalue weighted by Gasteiger charge is 2.03. The number of para-hydroxylation sites is 1. The molecule has 0 spiro atoms. The van der Waals surface area contributed by atoms with Crippen molar-refractivity contribution in [3.8, 4) is 0 Å². The lowest BCUT2D eigenvalue weighted by Crippen LogP contribution is -2.32. The first-order valence-corrected chi connectivity index (χ1v) is 5.29. The summed E-state index contributed by atoms with van der Waals surface area (Å²) in [6, 6.07) is 8.69. The largest absolute Gasteiger partial charge is 0.361 e. The summed E-state index contributed by atoms with van der Waals surface area (Å²) in [5.74, 6) is 0. The van der Waals surface area contributed by atoms with Gasteiger partial charge in [0.15, 0.2) is 0 Å². The number of H-pyrrole nitrogens is 1. The molecule has 0 aliphatic heterocycles. The van der Waals surface area contributed by atoms with Gasteiger partial charge in [-0.15, -0.1) is 0 Å². The number of aromatic amines is 1. The summed E-state index contributed by atoms with van der Waals surface area (Å²) in [7, 11) is 0. The molecule has 0 fully saturated rings. The van der Waals surface area contributed by atoms with E-state index in [1.54, 1.807) is 0 Å². The number of nitrogens with two attached hydrogens (primary N) is 1. The van der Waals surface area contributed by atoms with E-state index in [0.717, 1.165) is 6.54 Å². The molecule has 4 N–H and O–H groups in total. The van der Waals surface area contributed by atoms with Gasteiger partial charge in [0.1, 0.15) is 0 Å². The van der Waals surface area contributed by atoms with Crippen molar-refractivity contribution in [1.82, 2.24) is 10.3 Å². The molecule has 3 nitrogen and oxygen atoms in total. The van der Waals surface area contributed by atoms with Crippen molar-refractivity contribution in [3.05, 3.63) is 36.0 Å². The Hall–Kier alpha value is -1.32. The minimum atomic E-state index is 0.360. The fourth-order valence-electron chi connectivity index (χ4n) is 1.65. The Bertz CT molecular complexity index is 433. The molecule has 0 aliphatic carbocycles. The monoisotopic (exact) mass is 203 g/mol. The smallest absolute Gasteiger partial charge is 0.0457 e. The van der Waals surface area contributed by atoms with E-state index in [0.29, 0.717) is 12.6 Å². The van der Waals surface area contributed by atoms with Crippen molar-refractivity contribution in [1.29, 1.82) is 0 Å². The summed E-state index contributed by atoms with van der Waals surface area (Å²) in [6.45, 7) is 3.62. The fraction of sp³-hybridized carbons (Fsp3) is 0.333. The Morgan fingerprint density at radius 1 is 1.40 bits per heavy atom. The SMILES string of the molecule is C[C@@H](CN)NCc1c[nH]c2ccccc12. The zero-order valence-electron chi connectivity index (χ0n) is 8.96. The number of fused-ring (bicyclic) bond motifs is 1. The molecule has 2 rings (SSSR count). The average Bonchev–Trinajstić information content (AvgIpc) is 2.69. The molecule has 0 bridgehead atoms. The van der Waals surface area contributed by atoms with Gasteiger partial charge < -0.3 is 16.0 Å². The van der Waals surface area contributed by atoms with Gasteiger partial charge in [-0.3, -0.25) is 0 Å². The molecule has 0 amide bonds. The molecule has 0 radical (unpaired) electrons. The van der Waals surface area contributed by atoms with Crippen LogP contribution in [-0.4, -0.2) is 17.6 Å². The van der Waals surface area contributed by atoms with E-state index in [-0.39, 0.29) is 0 Å². The van der Waals surface area contributed by atoms with Crippen LogP contribution in [0.3, 0.4) is 0 Å². The molecule has 1 aromatic heterocycles. The first-order chi connectivity index (χ1) is 7.31. The van der Waals surface area contributed by atoms with Gasteiger partial charge in [0.05, 0.1) is 0 Å². The molecule has 0 aliphatic rings. The Kier molecular flexibility index (Phi) is 3.04. The third-order valence-corrected chi connectivity index (χ3v) is 2.67. The van der Waals surface area contributed by atoms with Crippen LogP contribution in [0.15, 0.2) is 30.5 Å². The molecule has 2 aromatic rings. The molecule has 0 unspecified atom stereocenters. The highest BCUT2D eigenvalue weighted by atomic mass is 14.9. The highest BCUT2D eigenvalue weighted by Crippen LogP contribution is 2.17. The van der Waals surface area contributed by atoms with Crippen LogP contribution < -0.4 is 11.1 Å². The zero-order valence-corrected chi connectivity index (χ0v) is 8.96. The molecule has 0 saturated heterocycles. The summed E-state index contributed by atoms with van der Waals surface area (Å²) in [4.78, 5) is 3.26. The molecular weight excluding hydrogens is 186 g/mol. The molecule has 1 aromatic carbocycles. The van der Waals surface area contributed by atoms with Gasteiger partial charge in [0.2, 0.25) is 0 Å². The fourth-order valence-corrected chi connectivity index (χ4v) is 1.65. The minimum absolute atomic E-state index is 0.360. The van der Waals surface area contributed by atoms with Crippen LogP contribution in [0.1, 0.15) is 12.5 Å². The summed E-state index contributed by atoms with van der Waals surface area (Å²) in [5, 5.41) is 4.67. The first kappa shape index (κ1) is 10.2. The zero-order chi connectivity index (χ0) is 10.7. The Morgan fingerprint density at radius 2 is 2.20 bits per heavy atom. The molecule has 1 atom stereocenters. The van der Waals surface area contributed by atoms with Crippen molar-refractivity contribution in [3.63, 3.8) is 0 Å². The first-order valence-electron chi connectivity index (χ1n) is 5.29. The second kappa shape index (κ2) is 4.47. The molecule has 1 heterocycles. The standard InChI is InChI=1S/C12H17N3/c1-9(6-13)14-7-10-8-15-12-5-3-2-4-11(10)12/h2-5,8-9,14-15H,6-7,13H2,1H3/t9-/m0/s1. The third kappa shape index (κ3) is 2.19. The summed E-state index contributed by atoms with van der Waals surface area (Å²) >= 11 is 0. The normalized spacial score (nSPS) is 13.2. The number of benzene rings is 1. The van der Waals surface area contributed by atoms with Gasteiger partial charge in [0.25, 0.3) is 0 Å². The maximum atomic E-state index is 5.55. The van der Waals surface area contributed by atoms with Gasteiger partial charge in [-0.05, 0) is 18.6 Å². The maximum absolute atomic E-state index is 5.55. The maximum Gasteiger partial charge on any atom is 0.0457 e. The molecular formula is C12H17N3. The molecule has 3 heteroatoms. The van der Waals surface area contributed by atoms with Crippen molar-refractivity contribution in [2.24, 2.45) is 5.73 Å². The van der Waals surface area contributed by atoms with Crippen molar-refractivity contribution in [2.75, 3.05) is 6.54 Å². The molecule has 0 saturated carbocycles. The van der Waals surface area contributed by atoms with Crippen molar-refractivity contribution < 1.29 is 0 Å². The average molecular weight is 203 g/mol. The second-order valence-corrected chi connectivity index (χ2v) is 3.88. The van der Waals surface area contributed by atoms with Crippen LogP contribution in [0.5, 0.6) is 0 Å². The van der Waals surface area contributed by atoms with Gasteiger partial charge >= 0.3 is 0 Å². The Morgan fingerprint density at radius 3 is 3.00 bits per heavy atom. The minimum Gasteiger partial charge on any atom is -0.361 e. The number of hydrogen-bond donors (Lipinski definition) is 3. The number of nitrogens with one attached hydrogen (secondary N) is 2. The van der Waals surface area contributed by atoms with E-state index in [9.17, 15) is 0 Å². The van der Waals surface area contributed by atoms with Crippen LogP contribution in [0, 0.1) is 0 Å². The number of rotatable bonds is 4. The number of aromatic nitrogens is 1. The van der Waals surface area contributed by atoms with Gasteiger partial charge in [-0.2, -0.15) is 0 Å². The third-order valence-electron chi connectivity index (χ3n) is 2.67. The van der Waals surface area contributed by atoms with Crippen LogP contribution in [0.4, 0.5) is 0 Å². The topological polar surface area (TPSA) is 53.8 Å². The summed E-state index contributed by atoms with van der Waals surface area (Å²) < 4.78 is 0. The van der Waals surface area contributed by atoms with Gasteiger partial charge in [-0.1, -0.05) is 18.2 Å². The number of hydrogen-bond acceptors (Lipinski definition) is 2. The van der Waals surface area contributed by atoms with E-state index in [2.05, 4.69) is 41.6 Å². The molecule has 80 valence electrons. The summed E-state index contributed by atoms with van der Waals surface area (Å²) in [5.41, 5.74) is 8.04. The highest BCUT2D eigenvalue weighted by molar-refractivity contribution is 5.82. The summed E-state index contributed by atoms with van der Waals surface area (Å²) in [6.07, 6.45) is 2.06. The Balaban J connectivity index is 2.14.